The van der Waals surface area contributed by atoms with E-state index in [0.29, 0.717) is 23.2 Å². The van der Waals surface area contributed by atoms with E-state index in [-0.39, 0.29) is 12.3 Å². The van der Waals surface area contributed by atoms with Gasteiger partial charge in [0.15, 0.2) is 17.4 Å². The molecular formula is C27H30N6O3. The molecule has 36 heavy (non-hydrogen) atoms. The number of rotatable bonds is 7. The molecule has 1 saturated heterocycles. The zero-order valence-corrected chi connectivity index (χ0v) is 20.8. The fourth-order valence-corrected chi connectivity index (χ4v) is 4.29. The van der Waals surface area contributed by atoms with E-state index in [4.69, 9.17) is 9.15 Å². The molecule has 3 aromatic heterocycles. The molecule has 0 radical (unpaired) electrons. The number of amides is 1. The van der Waals surface area contributed by atoms with Gasteiger partial charge in [0.2, 0.25) is 5.91 Å². The Kier molecular flexibility index (Phi) is 6.92. The molecule has 1 N–H and O–H groups in total. The van der Waals surface area contributed by atoms with Gasteiger partial charge in [0, 0.05) is 31.4 Å². The third-order valence-corrected chi connectivity index (χ3v) is 6.07. The Morgan fingerprint density at radius 1 is 0.972 bits per heavy atom. The van der Waals surface area contributed by atoms with Gasteiger partial charge in [-0.25, -0.2) is 14.6 Å². The molecule has 0 spiro atoms. The van der Waals surface area contributed by atoms with E-state index in [1.165, 1.54) is 5.56 Å². The van der Waals surface area contributed by atoms with Crippen molar-refractivity contribution in [2.45, 2.75) is 33.7 Å². The minimum Gasteiger partial charge on any atom is -0.458 e. The Balaban J connectivity index is 1.32. The lowest BCUT2D eigenvalue weighted by atomic mass is 10.1. The predicted molar refractivity (Wildman–Crippen MR) is 136 cm³/mol. The van der Waals surface area contributed by atoms with Crippen molar-refractivity contribution < 1.29 is 13.9 Å². The average molecular weight is 487 g/mol. The molecule has 1 fully saturated rings. The van der Waals surface area contributed by atoms with Crippen LogP contribution in [0.15, 0.2) is 52.9 Å². The molecular weight excluding hydrogens is 456 g/mol. The third-order valence-electron chi connectivity index (χ3n) is 6.07. The van der Waals surface area contributed by atoms with Gasteiger partial charge in [-0.3, -0.25) is 9.69 Å². The number of morpholine rings is 1. The number of nitrogens with zero attached hydrogens (tertiary/aromatic N) is 5. The quantitative estimate of drug-likeness (QED) is 0.424. The second-order valence-corrected chi connectivity index (χ2v) is 9.11. The molecule has 4 aromatic rings. The maximum atomic E-state index is 12.9. The molecule has 0 unspecified atom stereocenters. The van der Waals surface area contributed by atoms with E-state index in [2.05, 4.69) is 37.4 Å². The van der Waals surface area contributed by atoms with Crippen LogP contribution in [0.1, 0.15) is 28.3 Å². The van der Waals surface area contributed by atoms with Crippen LogP contribution < -0.4 is 5.32 Å². The first-order chi connectivity index (χ1) is 17.4. The lowest BCUT2D eigenvalue weighted by Gasteiger charge is -2.26. The van der Waals surface area contributed by atoms with Crippen molar-refractivity contribution in [3.8, 4) is 17.4 Å². The van der Waals surface area contributed by atoms with Crippen LogP contribution in [0.4, 0.5) is 5.82 Å². The third kappa shape index (κ3) is 5.69. The van der Waals surface area contributed by atoms with Crippen molar-refractivity contribution in [1.29, 1.82) is 0 Å². The summed E-state index contributed by atoms with van der Waals surface area (Å²) in [4.78, 5) is 24.5. The van der Waals surface area contributed by atoms with Crippen molar-refractivity contribution >= 4 is 11.7 Å². The van der Waals surface area contributed by atoms with Crippen LogP contribution in [-0.4, -0.2) is 56.9 Å². The van der Waals surface area contributed by atoms with Crippen molar-refractivity contribution in [1.82, 2.24) is 24.6 Å². The van der Waals surface area contributed by atoms with Gasteiger partial charge < -0.3 is 14.5 Å². The van der Waals surface area contributed by atoms with Gasteiger partial charge in [-0.05, 0) is 50.1 Å². The SMILES string of the molecule is Cc1cc(C)n(-c2cc(NC(=O)Cc3ccc(CN4CCOCC4)cc3)nc(-c3ccc(C)o3)n2)n1. The summed E-state index contributed by atoms with van der Waals surface area (Å²) in [6, 6.07) is 15.6. The van der Waals surface area contributed by atoms with Crippen molar-refractivity contribution in [3.63, 3.8) is 0 Å². The molecule has 0 bridgehead atoms. The number of ether oxygens (including phenoxy) is 1. The van der Waals surface area contributed by atoms with E-state index in [1.807, 2.05) is 51.1 Å². The van der Waals surface area contributed by atoms with Crippen molar-refractivity contribution in [2.75, 3.05) is 31.6 Å². The Bertz CT molecular complexity index is 1350. The summed E-state index contributed by atoms with van der Waals surface area (Å²) in [6.07, 6.45) is 0.242. The van der Waals surface area contributed by atoms with Crippen LogP contribution in [0.3, 0.4) is 0 Å². The highest BCUT2D eigenvalue weighted by Gasteiger charge is 2.16. The number of aryl methyl sites for hydroxylation is 3. The topological polar surface area (TPSA) is 98.3 Å². The number of carbonyl (C=O) groups is 1. The van der Waals surface area contributed by atoms with Crippen LogP contribution in [-0.2, 0) is 22.5 Å². The highest BCUT2D eigenvalue weighted by Crippen LogP contribution is 2.23. The second-order valence-electron chi connectivity index (χ2n) is 9.11. The first-order valence-electron chi connectivity index (χ1n) is 12.1. The van der Waals surface area contributed by atoms with E-state index >= 15 is 0 Å². The normalized spacial score (nSPS) is 14.2. The fourth-order valence-electron chi connectivity index (χ4n) is 4.29. The summed E-state index contributed by atoms with van der Waals surface area (Å²) in [6.45, 7) is 10.1. The molecule has 1 amide bonds. The van der Waals surface area contributed by atoms with Crippen molar-refractivity contribution in [2.24, 2.45) is 0 Å². The molecule has 0 saturated carbocycles. The number of hydrogen-bond donors (Lipinski definition) is 1. The summed E-state index contributed by atoms with van der Waals surface area (Å²) in [5.41, 5.74) is 3.98. The van der Waals surface area contributed by atoms with Crippen molar-refractivity contribution in [3.05, 3.63) is 76.8 Å². The zero-order valence-electron chi connectivity index (χ0n) is 20.8. The van der Waals surface area contributed by atoms with Crippen LogP contribution in [0.25, 0.3) is 17.4 Å². The molecule has 1 aliphatic rings. The molecule has 186 valence electrons. The molecule has 9 heteroatoms. The maximum Gasteiger partial charge on any atom is 0.229 e. The summed E-state index contributed by atoms with van der Waals surface area (Å²) >= 11 is 0. The lowest BCUT2D eigenvalue weighted by molar-refractivity contribution is -0.115. The molecule has 0 aliphatic carbocycles. The predicted octanol–water partition coefficient (Wildman–Crippen LogP) is 3.86. The lowest BCUT2D eigenvalue weighted by Crippen LogP contribution is -2.35. The van der Waals surface area contributed by atoms with Crippen LogP contribution >= 0.6 is 0 Å². The number of aromatic nitrogens is 4. The highest BCUT2D eigenvalue weighted by molar-refractivity contribution is 5.91. The van der Waals surface area contributed by atoms with Crippen LogP contribution in [0.5, 0.6) is 0 Å². The summed E-state index contributed by atoms with van der Waals surface area (Å²) in [5, 5.41) is 7.46. The van der Waals surface area contributed by atoms with E-state index in [9.17, 15) is 4.79 Å². The number of hydrogen-bond acceptors (Lipinski definition) is 7. The maximum absolute atomic E-state index is 12.9. The molecule has 1 aliphatic heterocycles. The van der Waals surface area contributed by atoms with E-state index in [1.54, 1.807) is 10.7 Å². The monoisotopic (exact) mass is 486 g/mol. The average Bonchev–Trinajstić information content (AvgIpc) is 3.45. The number of nitrogens with one attached hydrogen (secondary N) is 1. The minimum atomic E-state index is -0.157. The molecule has 4 heterocycles. The Morgan fingerprint density at radius 2 is 1.72 bits per heavy atom. The molecule has 0 atom stereocenters. The number of carbonyl (C=O) groups excluding carboxylic acids is 1. The molecule has 9 nitrogen and oxygen atoms in total. The van der Waals surface area contributed by atoms with E-state index in [0.717, 1.165) is 55.6 Å². The van der Waals surface area contributed by atoms with E-state index < -0.39 is 0 Å². The Hall–Kier alpha value is -3.82. The minimum absolute atomic E-state index is 0.157. The number of benzene rings is 1. The van der Waals surface area contributed by atoms with Gasteiger partial charge in [-0.15, -0.1) is 0 Å². The van der Waals surface area contributed by atoms with Gasteiger partial charge in [-0.1, -0.05) is 24.3 Å². The Labute approximate surface area is 210 Å². The standard InChI is InChI=1S/C27H30N6O3/c1-18-14-19(2)33(31-18)25-16-24(29-27(30-25)23-9-4-20(3)36-23)28-26(34)15-21-5-7-22(8-6-21)17-32-10-12-35-13-11-32/h4-9,14,16H,10-13,15,17H2,1-3H3,(H,28,29,30,34). The molecule has 1 aromatic carbocycles. The van der Waals surface area contributed by atoms with Gasteiger partial charge in [0.1, 0.15) is 11.6 Å². The summed E-state index contributed by atoms with van der Waals surface area (Å²) < 4.78 is 12.9. The zero-order chi connectivity index (χ0) is 25.1. The highest BCUT2D eigenvalue weighted by atomic mass is 16.5. The Morgan fingerprint density at radius 3 is 2.39 bits per heavy atom. The number of anilines is 1. The molecule has 5 rings (SSSR count). The first kappa shape index (κ1) is 23.9. The van der Waals surface area contributed by atoms with Crippen LogP contribution in [0.2, 0.25) is 0 Å². The second kappa shape index (κ2) is 10.4. The van der Waals surface area contributed by atoms with Gasteiger partial charge in [-0.2, -0.15) is 5.10 Å². The summed E-state index contributed by atoms with van der Waals surface area (Å²) in [5.74, 6) is 2.47. The van der Waals surface area contributed by atoms with Gasteiger partial charge >= 0.3 is 0 Å². The smallest absolute Gasteiger partial charge is 0.229 e. The first-order valence-corrected chi connectivity index (χ1v) is 12.1. The summed E-state index contributed by atoms with van der Waals surface area (Å²) in [7, 11) is 0. The largest absolute Gasteiger partial charge is 0.458 e. The van der Waals surface area contributed by atoms with Crippen LogP contribution in [0, 0.1) is 20.8 Å². The fraction of sp³-hybridized carbons (Fsp3) is 0.333. The number of furan rings is 1. The van der Waals surface area contributed by atoms with Gasteiger partial charge in [0.25, 0.3) is 0 Å². The van der Waals surface area contributed by atoms with Gasteiger partial charge in [0.05, 0.1) is 25.3 Å².